The zero-order chi connectivity index (χ0) is 13.8. The third-order valence-electron chi connectivity index (χ3n) is 2.30. The molecule has 1 unspecified atom stereocenters. The number of carbonyl (C=O) groups is 1. The maximum absolute atomic E-state index is 11.9. The van der Waals surface area contributed by atoms with Crippen LogP contribution in [0.1, 0.15) is 37.7 Å². The van der Waals surface area contributed by atoms with E-state index in [0.717, 1.165) is 0 Å². The molecule has 100 valence electrons. The summed E-state index contributed by atoms with van der Waals surface area (Å²) in [5, 5.41) is 12.2. The largest absolute Gasteiger partial charge is 0.394 e. The molecule has 0 aliphatic carbocycles. The molecule has 0 radical (unpaired) electrons. The normalized spacial score (nSPS) is 13.2. The van der Waals surface area contributed by atoms with E-state index in [1.54, 1.807) is 0 Å². The Kier molecular flexibility index (Phi) is 5.04. The first-order valence-electron chi connectivity index (χ1n) is 5.70. The van der Waals surface area contributed by atoms with Crippen LogP contribution in [0.5, 0.6) is 0 Å². The van der Waals surface area contributed by atoms with E-state index in [4.69, 9.17) is 11.6 Å². The predicted octanol–water partition coefficient (Wildman–Crippen LogP) is 1.66. The Bertz CT molecular complexity index is 418. The number of rotatable bonds is 4. The maximum atomic E-state index is 11.9. The third kappa shape index (κ3) is 4.58. The Morgan fingerprint density at radius 1 is 1.56 bits per heavy atom. The van der Waals surface area contributed by atoms with Crippen LogP contribution >= 0.6 is 11.6 Å². The minimum Gasteiger partial charge on any atom is -0.394 e. The van der Waals surface area contributed by atoms with Crippen molar-refractivity contribution in [2.24, 2.45) is 5.41 Å². The smallest absolute Gasteiger partial charge is 0.271 e. The van der Waals surface area contributed by atoms with Crippen molar-refractivity contribution in [2.45, 2.75) is 33.2 Å². The first-order chi connectivity index (χ1) is 8.33. The minimum absolute atomic E-state index is 0.0101. The summed E-state index contributed by atoms with van der Waals surface area (Å²) in [6.45, 7) is 6.00. The molecule has 18 heavy (non-hydrogen) atoms. The molecule has 0 bridgehead atoms. The fourth-order valence-electron chi connectivity index (χ4n) is 1.63. The van der Waals surface area contributed by atoms with E-state index in [-0.39, 0.29) is 28.8 Å². The Morgan fingerprint density at radius 3 is 2.72 bits per heavy atom. The maximum Gasteiger partial charge on any atom is 0.271 e. The minimum atomic E-state index is -0.397. The second kappa shape index (κ2) is 6.11. The molecular formula is C12H18ClN3O2. The van der Waals surface area contributed by atoms with Crippen LogP contribution in [-0.4, -0.2) is 33.6 Å². The Labute approximate surface area is 112 Å². The number of nitrogens with one attached hydrogen (secondary N) is 1. The summed E-state index contributed by atoms with van der Waals surface area (Å²) >= 11 is 5.83. The van der Waals surface area contributed by atoms with Gasteiger partial charge >= 0.3 is 0 Å². The van der Waals surface area contributed by atoms with Crippen molar-refractivity contribution in [2.75, 3.05) is 6.61 Å². The van der Waals surface area contributed by atoms with Gasteiger partial charge in [-0.25, -0.2) is 9.97 Å². The fourth-order valence-corrected chi connectivity index (χ4v) is 1.82. The summed E-state index contributed by atoms with van der Waals surface area (Å²) in [5.74, 6) is -0.397. The average molecular weight is 272 g/mol. The second-order valence-electron chi connectivity index (χ2n) is 5.34. The lowest BCUT2D eigenvalue weighted by Crippen LogP contribution is -2.40. The second-order valence-corrected chi connectivity index (χ2v) is 5.74. The number of halogens is 1. The highest BCUT2D eigenvalue weighted by atomic mass is 35.5. The van der Waals surface area contributed by atoms with Crippen LogP contribution in [0.25, 0.3) is 0 Å². The van der Waals surface area contributed by atoms with E-state index < -0.39 is 5.91 Å². The lowest BCUT2D eigenvalue weighted by Gasteiger charge is -2.25. The molecule has 0 aliphatic rings. The quantitative estimate of drug-likeness (QED) is 0.873. The van der Waals surface area contributed by atoms with Gasteiger partial charge in [0.2, 0.25) is 0 Å². The summed E-state index contributed by atoms with van der Waals surface area (Å²) in [6, 6.07) is -0.316. The number of hydrogen-bond donors (Lipinski definition) is 2. The molecule has 6 heteroatoms. The van der Waals surface area contributed by atoms with E-state index in [1.807, 2.05) is 20.8 Å². The lowest BCUT2D eigenvalue weighted by molar-refractivity contribution is 0.0892. The van der Waals surface area contributed by atoms with Gasteiger partial charge in [-0.15, -0.1) is 0 Å². The van der Waals surface area contributed by atoms with Crippen molar-refractivity contribution in [3.63, 3.8) is 0 Å². The number of amides is 1. The fraction of sp³-hybridized carbons (Fsp3) is 0.583. The topological polar surface area (TPSA) is 75.1 Å². The van der Waals surface area contributed by atoms with Crippen LogP contribution in [0.3, 0.4) is 0 Å². The number of aliphatic hydroxyl groups excluding tert-OH is 1. The molecule has 1 aromatic heterocycles. The van der Waals surface area contributed by atoms with Crippen LogP contribution in [0.2, 0.25) is 5.02 Å². The molecule has 0 spiro atoms. The van der Waals surface area contributed by atoms with Crippen molar-refractivity contribution >= 4 is 17.5 Å². The average Bonchev–Trinajstić information content (AvgIpc) is 2.26. The van der Waals surface area contributed by atoms with Gasteiger partial charge in [-0.05, 0) is 11.8 Å². The van der Waals surface area contributed by atoms with Crippen LogP contribution in [-0.2, 0) is 0 Å². The van der Waals surface area contributed by atoms with Gasteiger partial charge < -0.3 is 10.4 Å². The molecule has 0 fully saturated rings. The number of aliphatic hydroxyl groups is 1. The molecule has 1 rings (SSSR count). The van der Waals surface area contributed by atoms with Crippen molar-refractivity contribution in [1.82, 2.24) is 15.3 Å². The van der Waals surface area contributed by atoms with Crippen molar-refractivity contribution in [1.29, 1.82) is 0 Å². The molecule has 1 aromatic rings. The van der Waals surface area contributed by atoms with Gasteiger partial charge in [0, 0.05) is 6.20 Å². The first-order valence-corrected chi connectivity index (χ1v) is 6.08. The molecule has 1 heterocycles. The van der Waals surface area contributed by atoms with Crippen LogP contribution in [0, 0.1) is 5.41 Å². The van der Waals surface area contributed by atoms with E-state index in [1.165, 1.54) is 12.5 Å². The van der Waals surface area contributed by atoms with E-state index in [9.17, 15) is 9.90 Å². The highest BCUT2D eigenvalue weighted by Crippen LogP contribution is 2.21. The van der Waals surface area contributed by atoms with E-state index in [0.29, 0.717) is 6.42 Å². The monoisotopic (exact) mass is 271 g/mol. The summed E-state index contributed by atoms with van der Waals surface area (Å²) in [7, 11) is 0. The Hall–Kier alpha value is -1.20. The van der Waals surface area contributed by atoms with Gasteiger partial charge in [0.25, 0.3) is 5.91 Å². The van der Waals surface area contributed by atoms with E-state index >= 15 is 0 Å². The van der Waals surface area contributed by atoms with Crippen LogP contribution in [0.15, 0.2) is 12.5 Å². The van der Waals surface area contributed by atoms with Gasteiger partial charge in [0.1, 0.15) is 12.0 Å². The Balaban J connectivity index is 2.71. The molecule has 0 aliphatic heterocycles. The molecule has 0 saturated carbocycles. The summed E-state index contributed by atoms with van der Waals surface area (Å²) in [6.07, 6.45) is 3.29. The van der Waals surface area contributed by atoms with Gasteiger partial charge in [-0.3, -0.25) is 4.79 Å². The molecular weight excluding hydrogens is 254 g/mol. The van der Waals surface area contributed by atoms with Gasteiger partial charge in [-0.1, -0.05) is 32.4 Å². The Morgan fingerprint density at radius 2 is 2.22 bits per heavy atom. The summed E-state index contributed by atoms with van der Waals surface area (Å²) in [5.41, 5.74) is 0.134. The molecule has 1 amide bonds. The van der Waals surface area contributed by atoms with Crippen molar-refractivity contribution in [3.8, 4) is 0 Å². The summed E-state index contributed by atoms with van der Waals surface area (Å²) in [4.78, 5) is 19.5. The molecule has 1 atom stereocenters. The van der Waals surface area contributed by atoms with Crippen LogP contribution in [0.4, 0.5) is 0 Å². The third-order valence-corrected chi connectivity index (χ3v) is 2.57. The molecule has 2 N–H and O–H groups in total. The van der Waals surface area contributed by atoms with Gasteiger partial charge in [0.05, 0.1) is 17.7 Å². The van der Waals surface area contributed by atoms with E-state index in [2.05, 4.69) is 15.3 Å². The van der Waals surface area contributed by atoms with Gasteiger partial charge in [0.15, 0.2) is 0 Å². The van der Waals surface area contributed by atoms with Crippen molar-refractivity contribution in [3.05, 3.63) is 23.2 Å². The number of carbonyl (C=O) groups excluding carboxylic acids is 1. The highest BCUT2D eigenvalue weighted by Gasteiger charge is 2.21. The predicted molar refractivity (Wildman–Crippen MR) is 69.5 cm³/mol. The number of aromatic nitrogens is 2. The number of hydrogen-bond acceptors (Lipinski definition) is 4. The molecule has 0 saturated heterocycles. The summed E-state index contributed by atoms with van der Waals surface area (Å²) < 4.78 is 0. The zero-order valence-corrected chi connectivity index (χ0v) is 11.5. The van der Waals surface area contributed by atoms with Crippen LogP contribution < -0.4 is 5.32 Å². The van der Waals surface area contributed by atoms with Gasteiger partial charge in [-0.2, -0.15) is 0 Å². The highest BCUT2D eigenvalue weighted by molar-refractivity contribution is 6.33. The molecule has 5 nitrogen and oxygen atoms in total. The number of nitrogens with zero attached hydrogens (tertiary/aromatic N) is 2. The zero-order valence-electron chi connectivity index (χ0n) is 10.8. The lowest BCUT2D eigenvalue weighted by atomic mass is 9.88. The van der Waals surface area contributed by atoms with Crippen molar-refractivity contribution < 1.29 is 9.90 Å². The molecule has 0 aromatic carbocycles. The standard InChI is InChI=1S/C12H18ClN3O2/c1-12(2,3)4-8(6-17)16-11(18)10-9(13)5-14-7-15-10/h5,7-8,17H,4,6H2,1-3H3,(H,16,18). The SMILES string of the molecule is CC(C)(C)CC(CO)NC(=O)c1ncncc1Cl. The first kappa shape index (κ1) is 14.9.